The van der Waals surface area contributed by atoms with Gasteiger partial charge in [0.25, 0.3) is 0 Å². The molecule has 0 saturated carbocycles. The molecule has 0 aliphatic heterocycles. The van der Waals surface area contributed by atoms with Crippen LogP contribution in [0.25, 0.3) is 0 Å². The summed E-state index contributed by atoms with van der Waals surface area (Å²) in [4.78, 5) is 23.7. The van der Waals surface area contributed by atoms with Gasteiger partial charge in [0.1, 0.15) is 5.75 Å². The summed E-state index contributed by atoms with van der Waals surface area (Å²) in [6.45, 7) is 3.27. The molecule has 0 saturated heterocycles. The molecule has 2 rings (SSSR count). The maximum absolute atomic E-state index is 12.2. The highest BCUT2D eigenvalue weighted by atomic mass is 32.1. The smallest absolute Gasteiger partial charge is 0.344 e. The number of ether oxygens (including phenoxy) is 1. The first-order chi connectivity index (χ1) is 9.49. The number of carboxylic acids is 1. The fourth-order valence-corrected chi connectivity index (χ4v) is 2.44. The fraction of sp³-hybridized carbons (Fsp3) is 0.200. The lowest BCUT2D eigenvalue weighted by Crippen LogP contribution is -2.22. The number of benzene rings is 1. The Kier molecular flexibility index (Phi) is 4.20. The van der Waals surface area contributed by atoms with Crippen LogP contribution in [0.5, 0.6) is 5.75 Å². The summed E-state index contributed by atoms with van der Waals surface area (Å²) < 4.78 is 5.27. The van der Waals surface area contributed by atoms with Crippen LogP contribution in [0.2, 0.25) is 0 Å². The molecule has 0 aliphatic carbocycles. The van der Waals surface area contributed by atoms with Crippen LogP contribution in [0.1, 0.15) is 27.7 Å². The minimum Gasteiger partial charge on any atom is -0.479 e. The van der Waals surface area contributed by atoms with Gasteiger partial charge in [0.15, 0.2) is 6.10 Å². The predicted molar refractivity (Wildman–Crippen MR) is 76.7 cm³/mol. The molecule has 0 aliphatic rings. The standard InChI is InChI=1S/C15H14O4S/c1-9-8-11(19-10(2)15(17)18)5-6-12(9)14(16)13-4-3-7-20-13/h3-8,10H,1-2H3,(H,17,18). The Hall–Kier alpha value is -2.14. The lowest BCUT2D eigenvalue weighted by atomic mass is 10.0. The van der Waals surface area contributed by atoms with E-state index in [1.165, 1.54) is 18.3 Å². The van der Waals surface area contributed by atoms with Crippen LogP contribution in [0.15, 0.2) is 35.7 Å². The number of hydrogen-bond donors (Lipinski definition) is 1. The van der Waals surface area contributed by atoms with Gasteiger partial charge in [-0.15, -0.1) is 11.3 Å². The molecule has 0 amide bonds. The second-order valence-corrected chi connectivity index (χ2v) is 5.33. The highest BCUT2D eigenvalue weighted by Crippen LogP contribution is 2.22. The third-order valence-electron chi connectivity index (χ3n) is 2.85. The minimum atomic E-state index is -1.03. The Morgan fingerprint density at radius 3 is 2.60 bits per heavy atom. The van der Waals surface area contributed by atoms with Crippen molar-refractivity contribution < 1.29 is 19.4 Å². The Balaban J connectivity index is 2.22. The van der Waals surface area contributed by atoms with E-state index in [-0.39, 0.29) is 5.78 Å². The summed E-state index contributed by atoms with van der Waals surface area (Å²) in [6, 6.07) is 8.58. The highest BCUT2D eigenvalue weighted by Gasteiger charge is 2.16. The quantitative estimate of drug-likeness (QED) is 0.859. The molecule has 1 atom stereocenters. The molecule has 5 heteroatoms. The molecule has 4 nitrogen and oxygen atoms in total. The Morgan fingerprint density at radius 2 is 2.05 bits per heavy atom. The Bertz CT molecular complexity index is 631. The first-order valence-electron chi connectivity index (χ1n) is 6.07. The molecule has 2 aromatic rings. The van der Waals surface area contributed by atoms with E-state index in [0.29, 0.717) is 16.2 Å². The van der Waals surface area contributed by atoms with E-state index >= 15 is 0 Å². The molecule has 0 spiro atoms. The zero-order valence-corrected chi connectivity index (χ0v) is 11.9. The van der Waals surface area contributed by atoms with Gasteiger partial charge in [0.2, 0.25) is 5.78 Å². The highest BCUT2D eigenvalue weighted by molar-refractivity contribution is 7.12. The van der Waals surface area contributed by atoms with Crippen molar-refractivity contribution >= 4 is 23.1 Å². The van der Waals surface area contributed by atoms with Crippen LogP contribution >= 0.6 is 11.3 Å². The number of thiophene rings is 1. The van der Waals surface area contributed by atoms with E-state index < -0.39 is 12.1 Å². The van der Waals surface area contributed by atoms with Crippen molar-refractivity contribution in [3.8, 4) is 5.75 Å². The molecule has 104 valence electrons. The molecule has 0 fully saturated rings. The third-order valence-corrected chi connectivity index (χ3v) is 3.72. The second kappa shape index (κ2) is 5.88. The topological polar surface area (TPSA) is 63.6 Å². The van der Waals surface area contributed by atoms with E-state index in [1.807, 2.05) is 11.4 Å². The zero-order chi connectivity index (χ0) is 14.7. The molecule has 1 aromatic carbocycles. The molecule has 0 bridgehead atoms. The zero-order valence-electron chi connectivity index (χ0n) is 11.1. The van der Waals surface area contributed by atoms with Crippen LogP contribution < -0.4 is 4.74 Å². The molecule has 0 radical (unpaired) electrons. The van der Waals surface area contributed by atoms with Gasteiger partial charge in [-0.2, -0.15) is 0 Å². The van der Waals surface area contributed by atoms with Crippen LogP contribution in [0.3, 0.4) is 0 Å². The summed E-state index contributed by atoms with van der Waals surface area (Å²) >= 11 is 1.39. The van der Waals surface area contributed by atoms with Crippen LogP contribution in [0.4, 0.5) is 0 Å². The maximum Gasteiger partial charge on any atom is 0.344 e. The monoisotopic (exact) mass is 290 g/mol. The van der Waals surface area contributed by atoms with Crippen LogP contribution in [-0.4, -0.2) is 23.0 Å². The Labute approximate surface area is 120 Å². The van der Waals surface area contributed by atoms with Gasteiger partial charge in [0.05, 0.1) is 4.88 Å². The number of carbonyl (C=O) groups is 2. The van der Waals surface area contributed by atoms with Gasteiger partial charge in [-0.3, -0.25) is 4.79 Å². The van der Waals surface area contributed by atoms with E-state index in [0.717, 1.165) is 5.56 Å². The van der Waals surface area contributed by atoms with E-state index in [9.17, 15) is 9.59 Å². The minimum absolute atomic E-state index is 0.0321. The van der Waals surface area contributed by atoms with Gasteiger partial charge in [0, 0.05) is 5.56 Å². The fourth-order valence-electron chi connectivity index (χ4n) is 1.76. The largest absolute Gasteiger partial charge is 0.479 e. The third kappa shape index (κ3) is 3.05. The lowest BCUT2D eigenvalue weighted by Gasteiger charge is -2.12. The van der Waals surface area contributed by atoms with Crippen LogP contribution in [-0.2, 0) is 4.79 Å². The van der Waals surface area contributed by atoms with Crippen molar-refractivity contribution in [2.24, 2.45) is 0 Å². The number of carboxylic acid groups (broad SMARTS) is 1. The predicted octanol–water partition coefficient (Wildman–Crippen LogP) is 3.14. The van der Waals surface area contributed by atoms with Crippen molar-refractivity contribution in [2.75, 3.05) is 0 Å². The summed E-state index contributed by atoms with van der Waals surface area (Å²) in [7, 11) is 0. The number of aliphatic carboxylic acids is 1. The van der Waals surface area contributed by atoms with Crippen molar-refractivity contribution in [3.05, 3.63) is 51.7 Å². The van der Waals surface area contributed by atoms with Crippen molar-refractivity contribution in [1.29, 1.82) is 0 Å². The van der Waals surface area contributed by atoms with E-state index in [2.05, 4.69) is 0 Å². The summed E-state index contributed by atoms with van der Waals surface area (Å²) in [5, 5.41) is 10.7. The molecular weight excluding hydrogens is 276 g/mol. The summed E-state index contributed by atoms with van der Waals surface area (Å²) in [5.41, 5.74) is 1.36. The first kappa shape index (κ1) is 14.3. The number of rotatable bonds is 5. The van der Waals surface area contributed by atoms with Crippen molar-refractivity contribution in [3.63, 3.8) is 0 Å². The average Bonchev–Trinajstić information content (AvgIpc) is 2.91. The molecule has 20 heavy (non-hydrogen) atoms. The SMILES string of the molecule is Cc1cc(OC(C)C(=O)O)ccc1C(=O)c1cccs1. The number of hydrogen-bond acceptors (Lipinski definition) is 4. The van der Waals surface area contributed by atoms with E-state index in [1.54, 1.807) is 31.2 Å². The van der Waals surface area contributed by atoms with Crippen molar-refractivity contribution in [2.45, 2.75) is 20.0 Å². The lowest BCUT2D eigenvalue weighted by molar-refractivity contribution is -0.144. The Morgan fingerprint density at radius 1 is 1.30 bits per heavy atom. The van der Waals surface area contributed by atoms with Gasteiger partial charge < -0.3 is 9.84 Å². The molecule has 1 N–H and O–H groups in total. The molecular formula is C15H14O4S. The summed E-state index contributed by atoms with van der Waals surface area (Å²) in [6.07, 6.45) is -0.923. The van der Waals surface area contributed by atoms with Crippen LogP contribution in [0, 0.1) is 6.92 Å². The summed E-state index contributed by atoms with van der Waals surface area (Å²) in [5.74, 6) is -0.614. The maximum atomic E-state index is 12.2. The number of aryl methyl sites for hydroxylation is 1. The van der Waals surface area contributed by atoms with Gasteiger partial charge in [-0.25, -0.2) is 4.79 Å². The molecule has 1 aromatic heterocycles. The number of carbonyl (C=O) groups excluding carboxylic acids is 1. The van der Waals surface area contributed by atoms with Gasteiger partial charge >= 0.3 is 5.97 Å². The van der Waals surface area contributed by atoms with Gasteiger partial charge in [-0.1, -0.05) is 6.07 Å². The molecule has 1 heterocycles. The van der Waals surface area contributed by atoms with Gasteiger partial charge in [-0.05, 0) is 49.1 Å². The van der Waals surface area contributed by atoms with Crippen molar-refractivity contribution in [1.82, 2.24) is 0 Å². The average molecular weight is 290 g/mol. The first-order valence-corrected chi connectivity index (χ1v) is 6.95. The number of ketones is 1. The van der Waals surface area contributed by atoms with E-state index in [4.69, 9.17) is 9.84 Å². The normalized spacial score (nSPS) is 11.9. The molecule has 1 unspecified atom stereocenters. The second-order valence-electron chi connectivity index (χ2n) is 4.38.